The highest BCUT2D eigenvalue weighted by Crippen LogP contribution is 2.10. The van der Waals surface area contributed by atoms with Crippen molar-refractivity contribution in [1.82, 2.24) is 25.9 Å². The van der Waals surface area contributed by atoms with Gasteiger partial charge in [-0.25, -0.2) is 9.78 Å². The smallest absolute Gasteiger partial charge is 0.326 e. The molecule has 4 unspecified atom stereocenters. The van der Waals surface area contributed by atoms with Crippen molar-refractivity contribution in [2.45, 2.75) is 77.5 Å². The van der Waals surface area contributed by atoms with Crippen molar-refractivity contribution < 1.29 is 24.3 Å². The molecule has 7 N–H and O–H groups in total. The lowest BCUT2D eigenvalue weighted by molar-refractivity contribution is -0.143. The van der Waals surface area contributed by atoms with Crippen LogP contribution in [-0.2, 0) is 25.6 Å². The number of carbonyl (C=O) groups is 4. The Balaban J connectivity index is 3.02. The number of carboxylic acid groups (broad SMARTS) is 1. The van der Waals surface area contributed by atoms with Gasteiger partial charge < -0.3 is 31.8 Å². The van der Waals surface area contributed by atoms with Crippen LogP contribution in [0.5, 0.6) is 0 Å². The first-order valence-corrected chi connectivity index (χ1v) is 13.2. The van der Waals surface area contributed by atoms with Crippen molar-refractivity contribution in [2.75, 3.05) is 12.0 Å². The number of aromatic amines is 1. The minimum absolute atomic E-state index is 0.0417. The van der Waals surface area contributed by atoms with Crippen molar-refractivity contribution in [1.29, 1.82) is 0 Å². The van der Waals surface area contributed by atoms with Gasteiger partial charge in [-0.15, -0.1) is 0 Å². The van der Waals surface area contributed by atoms with Crippen LogP contribution in [0.2, 0.25) is 0 Å². The summed E-state index contributed by atoms with van der Waals surface area (Å²) in [6.45, 7) is 7.51. The third-order valence-corrected chi connectivity index (χ3v) is 5.89. The van der Waals surface area contributed by atoms with Crippen LogP contribution < -0.4 is 21.7 Å². The summed E-state index contributed by atoms with van der Waals surface area (Å²) in [4.78, 5) is 57.3. The van der Waals surface area contributed by atoms with E-state index in [0.717, 1.165) is 0 Å². The topological polar surface area (TPSA) is 179 Å². The van der Waals surface area contributed by atoms with Gasteiger partial charge >= 0.3 is 5.97 Å². The number of aliphatic carboxylic acids is 1. The number of nitrogens with two attached hydrogens (primary N) is 1. The minimum atomic E-state index is -1.13. The van der Waals surface area contributed by atoms with Crippen LogP contribution >= 0.6 is 11.8 Å². The average Bonchev–Trinajstić information content (AvgIpc) is 3.28. The summed E-state index contributed by atoms with van der Waals surface area (Å²) in [7, 11) is 0. The van der Waals surface area contributed by atoms with E-state index >= 15 is 0 Å². The van der Waals surface area contributed by atoms with E-state index in [0.29, 0.717) is 24.3 Å². The Kier molecular flexibility index (Phi) is 13.4. The Morgan fingerprint density at radius 2 is 1.51 bits per heavy atom. The third kappa shape index (κ3) is 11.6. The summed E-state index contributed by atoms with van der Waals surface area (Å²) in [5.74, 6) is -1.95. The van der Waals surface area contributed by atoms with E-state index in [1.807, 2.05) is 34.0 Å². The second kappa shape index (κ2) is 15.4. The fourth-order valence-corrected chi connectivity index (χ4v) is 3.91. The fourth-order valence-electron chi connectivity index (χ4n) is 3.42. The quantitative estimate of drug-likeness (QED) is 0.187. The average molecular weight is 513 g/mol. The number of aromatic nitrogens is 2. The minimum Gasteiger partial charge on any atom is -0.480 e. The lowest BCUT2D eigenvalue weighted by atomic mass is 10.00. The molecule has 198 valence electrons. The number of carboxylic acids is 1. The molecule has 1 heterocycles. The summed E-state index contributed by atoms with van der Waals surface area (Å²) >= 11 is 1.57. The second-order valence-corrected chi connectivity index (χ2v) is 10.4. The highest BCUT2D eigenvalue weighted by atomic mass is 32.2. The molecule has 0 saturated heterocycles. The van der Waals surface area contributed by atoms with Crippen LogP contribution in [0, 0.1) is 11.8 Å². The molecule has 4 atom stereocenters. The van der Waals surface area contributed by atoms with Crippen molar-refractivity contribution in [3.05, 3.63) is 18.2 Å². The molecule has 0 saturated carbocycles. The van der Waals surface area contributed by atoms with Gasteiger partial charge in [0.2, 0.25) is 17.7 Å². The molecular weight excluding hydrogens is 472 g/mol. The van der Waals surface area contributed by atoms with Gasteiger partial charge in [0.15, 0.2) is 0 Å². The number of H-pyrrole nitrogens is 1. The molecule has 0 aliphatic carbocycles. The Labute approximate surface area is 211 Å². The largest absolute Gasteiger partial charge is 0.480 e. The molecule has 0 aliphatic rings. The van der Waals surface area contributed by atoms with E-state index in [4.69, 9.17) is 5.73 Å². The van der Waals surface area contributed by atoms with Crippen LogP contribution in [0.1, 0.15) is 52.7 Å². The van der Waals surface area contributed by atoms with Gasteiger partial charge in [0.1, 0.15) is 18.1 Å². The Bertz CT molecular complexity index is 817. The molecular formula is C23H40N6O5S. The summed E-state index contributed by atoms with van der Waals surface area (Å²) in [6.07, 6.45) is 6.05. The zero-order valence-corrected chi connectivity index (χ0v) is 22.0. The first-order chi connectivity index (χ1) is 16.4. The first-order valence-electron chi connectivity index (χ1n) is 11.8. The molecule has 3 amide bonds. The predicted octanol–water partition coefficient (Wildman–Crippen LogP) is 0.664. The lowest BCUT2D eigenvalue weighted by Gasteiger charge is -2.26. The number of thioether (sulfide) groups is 1. The number of nitrogens with zero attached hydrogens (tertiary/aromatic N) is 1. The van der Waals surface area contributed by atoms with Crippen LogP contribution in [0.15, 0.2) is 12.5 Å². The van der Waals surface area contributed by atoms with Crippen molar-refractivity contribution in [3.8, 4) is 0 Å². The summed E-state index contributed by atoms with van der Waals surface area (Å²) in [5, 5.41) is 17.4. The van der Waals surface area contributed by atoms with Crippen LogP contribution in [0.4, 0.5) is 0 Å². The van der Waals surface area contributed by atoms with Gasteiger partial charge in [-0.2, -0.15) is 11.8 Å². The number of carbonyl (C=O) groups excluding carboxylic acids is 3. The summed E-state index contributed by atoms with van der Waals surface area (Å²) in [6, 6.07) is -3.81. The van der Waals surface area contributed by atoms with Gasteiger partial charge in [-0.1, -0.05) is 27.7 Å². The maximum atomic E-state index is 13.2. The highest BCUT2D eigenvalue weighted by molar-refractivity contribution is 7.98. The van der Waals surface area contributed by atoms with Crippen LogP contribution in [0.3, 0.4) is 0 Å². The zero-order chi connectivity index (χ0) is 26.5. The van der Waals surface area contributed by atoms with Crippen LogP contribution in [0.25, 0.3) is 0 Å². The molecule has 0 spiro atoms. The van der Waals surface area contributed by atoms with E-state index < -0.39 is 47.9 Å². The number of rotatable bonds is 16. The van der Waals surface area contributed by atoms with Gasteiger partial charge in [0.05, 0.1) is 12.4 Å². The van der Waals surface area contributed by atoms with Crippen LogP contribution in [-0.4, -0.2) is 74.9 Å². The van der Waals surface area contributed by atoms with E-state index in [-0.39, 0.29) is 24.7 Å². The fraction of sp³-hybridized carbons (Fsp3) is 0.696. The van der Waals surface area contributed by atoms with E-state index in [1.165, 1.54) is 6.33 Å². The molecule has 1 aromatic rings. The van der Waals surface area contributed by atoms with Gasteiger partial charge in [-0.3, -0.25) is 14.4 Å². The molecule has 0 radical (unpaired) electrons. The molecule has 0 bridgehead atoms. The van der Waals surface area contributed by atoms with Gasteiger partial charge in [0, 0.05) is 18.3 Å². The number of hydrogen-bond donors (Lipinski definition) is 6. The number of nitrogens with one attached hydrogen (secondary N) is 4. The first kappa shape index (κ1) is 30.4. The van der Waals surface area contributed by atoms with E-state index in [2.05, 4.69) is 25.9 Å². The Morgan fingerprint density at radius 1 is 0.971 bits per heavy atom. The number of imidazole rings is 1. The predicted molar refractivity (Wildman–Crippen MR) is 136 cm³/mol. The second-order valence-electron chi connectivity index (χ2n) is 9.45. The standard InChI is InChI=1S/C23H40N6O5S/c1-13(2)8-17(21(31)29-19(23(33)34)9-14(3)4)28-22(32)18(10-15-11-25-12-26-15)27-20(30)16(24)6-7-35-5/h11-14,16-19H,6-10,24H2,1-5H3,(H,25,26)(H,27,30)(H,28,32)(H,29,31)(H,33,34). The van der Waals surface area contributed by atoms with Crippen molar-refractivity contribution in [3.63, 3.8) is 0 Å². The van der Waals surface area contributed by atoms with E-state index in [9.17, 15) is 24.3 Å². The Morgan fingerprint density at radius 3 is 2.03 bits per heavy atom. The normalized spacial score (nSPS) is 14.7. The third-order valence-electron chi connectivity index (χ3n) is 5.24. The Hall–Kier alpha value is -2.60. The number of hydrogen-bond acceptors (Lipinski definition) is 7. The van der Waals surface area contributed by atoms with Gasteiger partial charge in [0.25, 0.3) is 0 Å². The van der Waals surface area contributed by atoms with E-state index in [1.54, 1.807) is 18.0 Å². The molecule has 11 nitrogen and oxygen atoms in total. The molecule has 1 aromatic heterocycles. The summed E-state index contributed by atoms with van der Waals surface area (Å²) in [5.41, 5.74) is 6.59. The molecule has 0 fully saturated rings. The highest BCUT2D eigenvalue weighted by Gasteiger charge is 2.31. The van der Waals surface area contributed by atoms with Gasteiger partial charge in [-0.05, 0) is 43.1 Å². The number of amides is 3. The SMILES string of the molecule is CSCCC(N)C(=O)NC(Cc1cnc[nH]1)C(=O)NC(CC(C)C)C(=O)NC(CC(C)C)C(=O)O. The molecule has 0 aromatic carbocycles. The maximum absolute atomic E-state index is 13.2. The maximum Gasteiger partial charge on any atom is 0.326 e. The van der Waals surface area contributed by atoms with Crippen molar-refractivity contribution in [2.24, 2.45) is 17.6 Å². The van der Waals surface area contributed by atoms with Crippen molar-refractivity contribution >= 4 is 35.5 Å². The summed E-state index contributed by atoms with van der Waals surface area (Å²) < 4.78 is 0. The molecule has 0 aliphatic heterocycles. The monoisotopic (exact) mass is 512 g/mol. The lowest BCUT2D eigenvalue weighted by Crippen LogP contribution is -2.58. The molecule has 35 heavy (non-hydrogen) atoms. The molecule has 12 heteroatoms. The molecule has 1 rings (SSSR count). The zero-order valence-electron chi connectivity index (χ0n) is 21.2.